The van der Waals surface area contributed by atoms with Crippen LogP contribution in [0.5, 0.6) is 0 Å². The van der Waals surface area contributed by atoms with E-state index in [2.05, 4.69) is 12.2 Å². The highest BCUT2D eigenvalue weighted by molar-refractivity contribution is 7.92. The molecule has 0 bridgehead atoms. The SMILES string of the molecule is CCNC1CCCCCCC1S(=O)(=O)c1cccc(C)c1. The van der Waals surface area contributed by atoms with Crippen molar-refractivity contribution in [3.63, 3.8) is 0 Å². The van der Waals surface area contributed by atoms with Gasteiger partial charge in [-0.05, 0) is 44.0 Å². The Labute approximate surface area is 129 Å². The molecule has 0 aromatic heterocycles. The lowest BCUT2D eigenvalue weighted by Gasteiger charge is -2.29. The van der Waals surface area contributed by atoms with Gasteiger partial charge in [0.15, 0.2) is 9.84 Å². The van der Waals surface area contributed by atoms with Crippen LogP contribution in [0.15, 0.2) is 29.2 Å². The minimum Gasteiger partial charge on any atom is -0.313 e. The van der Waals surface area contributed by atoms with E-state index in [1.54, 1.807) is 12.1 Å². The van der Waals surface area contributed by atoms with E-state index in [1.807, 2.05) is 19.1 Å². The van der Waals surface area contributed by atoms with Gasteiger partial charge in [-0.3, -0.25) is 0 Å². The molecule has 1 aliphatic rings. The Bertz CT molecular complexity index is 554. The lowest BCUT2D eigenvalue weighted by Crippen LogP contribution is -2.44. The average molecular weight is 309 g/mol. The van der Waals surface area contributed by atoms with Crippen molar-refractivity contribution in [3.05, 3.63) is 29.8 Å². The Morgan fingerprint density at radius 1 is 1.14 bits per heavy atom. The molecule has 3 nitrogen and oxygen atoms in total. The number of hydrogen-bond acceptors (Lipinski definition) is 3. The molecule has 1 aromatic carbocycles. The van der Waals surface area contributed by atoms with Crippen LogP contribution < -0.4 is 5.32 Å². The summed E-state index contributed by atoms with van der Waals surface area (Å²) in [6.45, 7) is 4.82. The molecule has 2 atom stereocenters. The fourth-order valence-electron chi connectivity index (χ4n) is 3.28. The van der Waals surface area contributed by atoms with E-state index in [0.29, 0.717) is 4.90 Å². The normalized spacial score (nSPS) is 24.3. The average Bonchev–Trinajstić information content (AvgIpc) is 2.42. The molecule has 0 aliphatic heterocycles. The van der Waals surface area contributed by atoms with Gasteiger partial charge in [0.1, 0.15) is 0 Å². The third-order valence-corrected chi connectivity index (χ3v) is 6.66. The van der Waals surface area contributed by atoms with Crippen molar-refractivity contribution >= 4 is 9.84 Å². The van der Waals surface area contributed by atoms with Gasteiger partial charge in [0.25, 0.3) is 0 Å². The second-order valence-corrected chi connectivity index (χ2v) is 8.22. The van der Waals surface area contributed by atoms with Crippen molar-refractivity contribution in [2.45, 2.75) is 68.6 Å². The largest absolute Gasteiger partial charge is 0.313 e. The molecular weight excluding hydrogens is 282 g/mol. The van der Waals surface area contributed by atoms with Gasteiger partial charge in [-0.2, -0.15) is 0 Å². The maximum absolute atomic E-state index is 13.0. The first-order chi connectivity index (χ1) is 10.1. The zero-order valence-corrected chi connectivity index (χ0v) is 14.0. The zero-order chi connectivity index (χ0) is 15.3. The Morgan fingerprint density at radius 2 is 1.86 bits per heavy atom. The minimum absolute atomic E-state index is 0.0841. The van der Waals surface area contributed by atoms with E-state index in [1.165, 1.54) is 6.42 Å². The first-order valence-electron chi connectivity index (χ1n) is 8.09. The Hall–Kier alpha value is -0.870. The highest BCUT2D eigenvalue weighted by Crippen LogP contribution is 2.28. The van der Waals surface area contributed by atoms with Crippen molar-refractivity contribution in [2.75, 3.05) is 6.54 Å². The third-order valence-electron chi connectivity index (χ3n) is 4.39. The number of hydrogen-bond donors (Lipinski definition) is 1. The van der Waals surface area contributed by atoms with Gasteiger partial charge in [0, 0.05) is 6.04 Å². The molecule has 1 fully saturated rings. The van der Waals surface area contributed by atoms with Crippen LogP contribution in [-0.4, -0.2) is 26.3 Å². The number of aryl methyl sites for hydroxylation is 1. The monoisotopic (exact) mass is 309 g/mol. The van der Waals surface area contributed by atoms with E-state index in [-0.39, 0.29) is 11.3 Å². The van der Waals surface area contributed by atoms with Gasteiger partial charge >= 0.3 is 0 Å². The minimum atomic E-state index is -3.26. The molecular formula is C17H27NO2S. The van der Waals surface area contributed by atoms with Crippen LogP contribution >= 0.6 is 0 Å². The fraction of sp³-hybridized carbons (Fsp3) is 0.647. The molecule has 0 spiro atoms. The molecule has 118 valence electrons. The molecule has 1 saturated carbocycles. The van der Waals surface area contributed by atoms with Crippen LogP contribution in [0.1, 0.15) is 51.0 Å². The van der Waals surface area contributed by atoms with Crippen LogP contribution in [0.4, 0.5) is 0 Å². The standard InChI is InChI=1S/C17H27NO2S/c1-3-18-16-11-6-4-5-7-12-17(16)21(19,20)15-10-8-9-14(2)13-15/h8-10,13,16-18H,3-7,11-12H2,1-2H3. The molecule has 2 unspecified atom stereocenters. The summed E-state index contributed by atoms with van der Waals surface area (Å²) < 4.78 is 26.1. The van der Waals surface area contributed by atoms with E-state index < -0.39 is 9.84 Å². The lowest BCUT2D eigenvalue weighted by molar-refractivity contribution is 0.392. The van der Waals surface area contributed by atoms with Crippen molar-refractivity contribution in [3.8, 4) is 0 Å². The van der Waals surface area contributed by atoms with Crippen molar-refractivity contribution in [2.24, 2.45) is 0 Å². The molecule has 21 heavy (non-hydrogen) atoms. The summed E-state index contributed by atoms with van der Waals surface area (Å²) in [6.07, 6.45) is 6.24. The molecule has 4 heteroatoms. The van der Waals surface area contributed by atoms with Crippen molar-refractivity contribution in [1.29, 1.82) is 0 Å². The summed E-state index contributed by atoms with van der Waals surface area (Å²) in [7, 11) is -3.26. The van der Waals surface area contributed by atoms with Gasteiger partial charge < -0.3 is 5.32 Å². The topological polar surface area (TPSA) is 46.2 Å². The van der Waals surface area contributed by atoms with E-state index >= 15 is 0 Å². The second-order valence-electron chi connectivity index (χ2n) is 6.06. The summed E-state index contributed by atoms with van der Waals surface area (Å²) in [4.78, 5) is 0.482. The Balaban J connectivity index is 2.32. The van der Waals surface area contributed by atoms with E-state index in [9.17, 15) is 8.42 Å². The molecule has 2 rings (SSSR count). The first-order valence-corrected chi connectivity index (χ1v) is 9.64. The number of rotatable bonds is 4. The van der Waals surface area contributed by atoms with Gasteiger partial charge in [-0.1, -0.05) is 44.7 Å². The summed E-state index contributed by atoms with van der Waals surface area (Å²) in [5.41, 5.74) is 1.00. The van der Waals surface area contributed by atoms with E-state index in [4.69, 9.17) is 0 Å². The summed E-state index contributed by atoms with van der Waals surface area (Å²) >= 11 is 0. The van der Waals surface area contributed by atoms with Gasteiger partial charge in [-0.15, -0.1) is 0 Å². The van der Waals surface area contributed by atoms with Crippen molar-refractivity contribution in [1.82, 2.24) is 5.32 Å². The number of sulfone groups is 1. The molecule has 0 heterocycles. The molecule has 0 amide bonds. The molecule has 1 N–H and O–H groups in total. The Morgan fingerprint density at radius 3 is 2.52 bits per heavy atom. The highest BCUT2D eigenvalue weighted by atomic mass is 32.2. The predicted octanol–water partition coefficient (Wildman–Crippen LogP) is 3.47. The van der Waals surface area contributed by atoms with Gasteiger partial charge in [-0.25, -0.2) is 8.42 Å². The summed E-state index contributed by atoms with van der Waals surface area (Å²) in [5, 5.41) is 3.12. The van der Waals surface area contributed by atoms with Crippen LogP contribution in [0.3, 0.4) is 0 Å². The number of benzene rings is 1. The third kappa shape index (κ3) is 4.07. The van der Waals surface area contributed by atoms with Crippen LogP contribution in [-0.2, 0) is 9.84 Å². The molecule has 0 radical (unpaired) electrons. The maximum atomic E-state index is 13.0. The van der Waals surface area contributed by atoms with Gasteiger partial charge in [0.05, 0.1) is 10.1 Å². The van der Waals surface area contributed by atoms with Crippen LogP contribution in [0.25, 0.3) is 0 Å². The molecule has 1 aromatic rings. The fourth-order valence-corrected chi connectivity index (χ4v) is 5.39. The summed E-state index contributed by atoms with van der Waals surface area (Å²) in [5.74, 6) is 0. The van der Waals surface area contributed by atoms with Crippen molar-refractivity contribution < 1.29 is 8.42 Å². The van der Waals surface area contributed by atoms with Gasteiger partial charge in [0.2, 0.25) is 0 Å². The molecule has 0 saturated heterocycles. The molecule has 1 aliphatic carbocycles. The lowest BCUT2D eigenvalue weighted by atomic mass is 9.96. The first kappa shape index (κ1) is 16.5. The maximum Gasteiger partial charge on any atom is 0.182 e. The zero-order valence-electron chi connectivity index (χ0n) is 13.1. The second kappa shape index (κ2) is 7.41. The Kier molecular flexibility index (Phi) is 5.82. The summed E-state index contributed by atoms with van der Waals surface area (Å²) in [6, 6.07) is 7.41. The highest BCUT2D eigenvalue weighted by Gasteiger charge is 2.34. The van der Waals surface area contributed by atoms with E-state index in [0.717, 1.165) is 44.2 Å². The van der Waals surface area contributed by atoms with Crippen LogP contribution in [0, 0.1) is 6.92 Å². The predicted molar refractivity (Wildman–Crippen MR) is 87.3 cm³/mol. The number of nitrogens with one attached hydrogen (secondary N) is 1. The smallest absolute Gasteiger partial charge is 0.182 e. The van der Waals surface area contributed by atoms with Crippen LogP contribution in [0.2, 0.25) is 0 Å². The quantitative estimate of drug-likeness (QED) is 0.926.